The van der Waals surface area contributed by atoms with Gasteiger partial charge in [0.2, 0.25) is 0 Å². The number of ether oxygens (including phenoxy) is 1. The Labute approximate surface area is 139 Å². The highest BCUT2D eigenvalue weighted by atomic mass is 19.4. The summed E-state index contributed by atoms with van der Waals surface area (Å²) in [4.78, 5) is 13.4. The number of benzene rings is 1. The number of halogens is 3. The Morgan fingerprint density at radius 2 is 1.88 bits per heavy atom. The van der Waals surface area contributed by atoms with E-state index in [4.69, 9.17) is 4.74 Å². The number of rotatable bonds is 1. The molecule has 24 heavy (non-hydrogen) atoms. The minimum Gasteiger partial charge on any atom is -0.444 e. The van der Waals surface area contributed by atoms with Crippen LogP contribution in [0.15, 0.2) is 24.3 Å². The van der Waals surface area contributed by atoms with Crippen LogP contribution < -0.4 is 0 Å². The molecule has 7 heteroatoms. The summed E-state index contributed by atoms with van der Waals surface area (Å²) >= 11 is 0. The maximum absolute atomic E-state index is 13.2. The summed E-state index contributed by atoms with van der Waals surface area (Å²) in [5.41, 5.74) is -1.33. The third-order valence-electron chi connectivity index (χ3n) is 3.90. The Balaban J connectivity index is 2.14. The van der Waals surface area contributed by atoms with Gasteiger partial charge < -0.3 is 14.7 Å². The van der Waals surface area contributed by atoms with Gasteiger partial charge in [0.25, 0.3) is 0 Å². The van der Waals surface area contributed by atoms with Gasteiger partial charge in [-0.25, -0.2) is 4.79 Å². The van der Waals surface area contributed by atoms with E-state index in [0.717, 1.165) is 6.07 Å². The molecule has 1 aromatic rings. The Morgan fingerprint density at radius 1 is 1.25 bits per heavy atom. The van der Waals surface area contributed by atoms with E-state index >= 15 is 0 Å². The highest BCUT2D eigenvalue weighted by Gasteiger charge is 2.39. The third kappa shape index (κ3) is 4.41. The second-order valence-electron chi connectivity index (χ2n) is 6.97. The van der Waals surface area contributed by atoms with E-state index < -0.39 is 35.5 Å². The molecule has 1 heterocycles. The van der Waals surface area contributed by atoms with E-state index in [1.165, 1.54) is 23.1 Å². The minimum absolute atomic E-state index is 0.0498. The maximum Gasteiger partial charge on any atom is 0.416 e. The van der Waals surface area contributed by atoms with Crippen LogP contribution in [0, 0.1) is 0 Å². The van der Waals surface area contributed by atoms with Gasteiger partial charge >= 0.3 is 12.3 Å². The zero-order valence-corrected chi connectivity index (χ0v) is 13.9. The molecular weight excluding hydrogens is 323 g/mol. The van der Waals surface area contributed by atoms with Gasteiger partial charge in [0.1, 0.15) is 5.60 Å². The number of carbonyl (C=O) groups is 1. The topological polar surface area (TPSA) is 49.8 Å². The van der Waals surface area contributed by atoms with E-state index in [-0.39, 0.29) is 25.1 Å². The largest absolute Gasteiger partial charge is 0.444 e. The number of alkyl halides is 3. The SMILES string of the molecule is CC(C)(C)OC(=O)N1CCC(c2ccccc2C(F)(F)F)C(O)C1. The van der Waals surface area contributed by atoms with E-state index in [1.807, 2.05) is 0 Å². The van der Waals surface area contributed by atoms with Crippen molar-refractivity contribution in [3.05, 3.63) is 35.4 Å². The Morgan fingerprint density at radius 3 is 2.42 bits per heavy atom. The first kappa shape index (κ1) is 18.6. The molecule has 134 valence electrons. The summed E-state index contributed by atoms with van der Waals surface area (Å²) in [5, 5.41) is 10.3. The number of aliphatic hydroxyl groups is 1. The summed E-state index contributed by atoms with van der Waals surface area (Å²) in [6.07, 6.45) is -5.87. The summed E-state index contributed by atoms with van der Waals surface area (Å²) < 4.78 is 44.7. The Hall–Kier alpha value is -1.76. The average Bonchev–Trinajstić information content (AvgIpc) is 2.44. The number of aliphatic hydroxyl groups excluding tert-OH is 1. The number of hydrogen-bond acceptors (Lipinski definition) is 3. The van der Waals surface area contributed by atoms with E-state index in [9.17, 15) is 23.1 Å². The molecule has 1 N–H and O–H groups in total. The van der Waals surface area contributed by atoms with Gasteiger partial charge in [-0.05, 0) is 38.8 Å². The van der Waals surface area contributed by atoms with Crippen LogP contribution in [0.1, 0.15) is 44.2 Å². The van der Waals surface area contributed by atoms with Crippen molar-refractivity contribution in [3.63, 3.8) is 0 Å². The fraction of sp³-hybridized carbons (Fsp3) is 0.588. The van der Waals surface area contributed by atoms with Crippen LogP contribution in [0.3, 0.4) is 0 Å². The normalized spacial score (nSPS) is 22.4. The molecule has 0 aromatic heterocycles. The van der Waals surface area contributed by atoms with Gasteiger partial charge in [0.05, 0.1) is 18.2 Å². The molecule has 1 aliphatic rings. The molecule has 2 rings (SSSR count). The number of carbonyl (C=O) groups excluding carboxylic acids is 1. The van der Waals surface area contributed by atoms with Crippen molar-refractivity contribution in [3.8, 4) is 0 Å². The first-order chi connectivity index (χ1) is 11.0. The number of nitrogens with zero attached hydrogens (tertiary/aromatic N) is 1. The van der Waals surface area contributed by atoms with Crippen molar-refractivity contribution < 1.29 is 27.8 Å². The molecule has 0 saturated carbocycles. The molecule has 1 saturated heterocycles. The van der Waals surface area contributed by atoms with Crippen molar-refractivity contribution in [2.75, 3.05) is 13.1 Å². The molecule has 1 aromatic carbocycles. The highest BCUT2D eigenvalue weighted by molar-refractivity contribution is 5.68. The van der Waals surface area contributed by atoms with Gasteiger partial charge in [-0.15, -0.1) is 0 Å². The van der Waals surface area contributed by atoms with Crippen LogP contribution in [0.5, 0.6) is 0 Å². The Kier molecular flexibility index (Phi) is 5.13. The van der Waals surface area contributed by atoms with Crippen molar-refractivity contribution in [2.24, 2.45) is 0 Å². The predicted octanol–water partition coefficient (Wildman–Crippen LogP) is 3.79. The monoisotopic (exact) mass is 345 g/mol. The van der Waals surface area contributed by atoms with Crippen LogP contribution >= 0.6 is 0 Å². The van der Waals surface area contributed by atoms with Gasteiger partial charge in [-0.2, -0.15) is 13.2 Å². The van der Waals surface area contributed by atoms with Crippen LogP contribution in [0.4, 0.5) is 18.0 Å². The van der Waals surface area contributed by atoms with Crippen LogP contribution in [0.25, 0.3) is 0 Å². The molecule has 0 aliphatic carbocycles. The second kappa shape index (κ2) is 6.63. The lowest BCUT2D eigenvalue weighted by atomic mass is 9.84. The number of β-amino-alcohol motifs (C(OH)–C–C–N with tert-alkyl or cyclic N) is 1. The summed E-state index contributed by atoms with van der Waals surface area (Å²) in [5.74, 6) is -0.665. The summed E-state index contributed by atoms with van der Waals surface area (Å²) in [7, 11) is 0. The quantitative estimate of drug-likeness (QED) is 0.842. The fourth-order valence-electron chi connectivity index (χ4n) is 2.87. The maximum atomic E-state index is 13.2. The van der Waals surface area contributed by atoms with Crippen molar-refractivity contribution in [1.82, 2.24) is 4.90 Å². The van der Waals surface area contributed by atoms with Crippen LogP contribution in [0.2, 0.25) is 0 Å². The second-order valence-corrected chi connectivity index (χ2v) is 6.97. The molecule has 1 amide bonds. The van der Waals surface area contributed by atoms with Crippen molar-refractivity contribution >= 4 is 6.09 Å². The minimum atomic E-state index is -4.47. The van der Waals surface area contributed by atoms with Crippen LogP contribution in [-0.4, -0.2) is 40.9 Å². The van der Waals surface area contributed by atoms with E-state index in [0.29, 0.717) is 0 Å². The smallest absolute Gasteiger partial charge is 0.416 e. The Bertz CT molecular complexity index is 595. The zero-order chi connectivity index (χ0) is 18.1. The average molecular weight is 345 g/mol. The molecule has 1 fully saturated rings. The van der Waals surface area contributed by atoms with Crippen LogP contribution in [-0.2, 0) is 10.9 Å². The fourth-order valence-corrected chi connectivity index (χ4v) is 2.87. The molecule has 0 radical (unpaired) electrons. The third-order valence-corrected chi connectivity index (χ3v) is 3.90. The number of hydrogen-bond donors (Lipinski definition) is 1. The van der Waals surface area contributed by atoms with Gasteiger partial charge in [0.15, 0.2) is 0 Å². The summed E-state index contributed by atoms with van der Waals surface area (Å²) in [6.45, 7) is 5.38. The summed E-state index contributed by atoms with van der Waals surface area (Å²) in [6, 6.07) is 5.26. The molecule has 2 unspecified atom stereocenters. The zero-order valence-electron chi connectivity index (χ0n) is 13.9. The number of likely N-dealkylation sites (tertiary alicyclic amines) is 1. The molecule has 1 aliphatic heterocycles. The van der Waals surface area contributed by atoms with Gasteiger partial charge in [-0.1, -0.05) is 18.2 Å². The number of amides is 1. The molecule has 0 bridgehead atoms. The lowest BCUT2D eigenvalue weighted by Gasteiger charge is -2.37. The van der Waals surface area contributed by atoms with Gasteiger partial charge in [-0.3, -0.25) is 0 Å². The molecule has 0 spiro atoms. The van der Waals surface area contributed by atoms with Gasteiger partial charge in [0, 0.05) is 12.5 Å². The lowest BCUT2D eigenvalue weighted by Crippen LogP contribution is -2.47. The molecular formula is C17H22F3NO3. The van der Waals surface area contributed by atoms with Crippen molar-refractivity contribution in [1.29, 1.82) is 0 Å². The predicted molar refractivity (Wildman–Crippen MR) is 82.6 cm³/mol. The molecule has 2 atom stereocenters. The molecule has 4 nitrogen and oxygen atoms in total. The van der Waals surface area contributed by atoms with Crippen molar-refractivity contribution in [2.45, 2.75) is 51.0 Å². The lowest BCUT2D eigenvalue weighted by molar-refractivity contribution is -0.138. The number of piperidine rings is 1. The first-order valence-corrected chi connectivity index (χ1v) is 7.81. The standard InChI is InChI=1S/C17H22F3NO3/c1-16(2,3)24-15(23)21-9-8-12(14(22)10-21)11-6-4-5-7-13(11)17(18,19)20/h4-7,12,14,22H,8-10H2,1-3H3. The van der Waals surface area contributed by atoms with E-state index in [1.54, 1.807) is 20.8 Å². The highest BCUT2D eigenvalue weighted by Crippen LogP contribution is 2.38. The first-order valence-electron chi connectivity index (χ1n) is 7.81. The van der Waals surface area contributed by atoms with E-state index in [2.05, 4.69) is 0 Å².